The Kier molecular flexibility index (Phi) is 3.04. The van der Waals surface area contributed by atoms with Gasteiger partial charge in [-0.25, -0.2) is 4.72 Å². The molecule has 0 radical (unpaired) electrons. The van der Waals surface area contributed by atoms with Crippen molar-refractivity contribution >= 4 is 15.9 Å². The van der Waals surface area contributed by atoms with Crippen LogP contribution in [0.1, 0.15) is 0 Å². The number of carbonyl (C=O) groups excluding carboxylic acids is 1. The van der Waals surface area contributed by atoms with Crippen LogP contribution in [0.4, 0.5) is 13.2 Å². The van der Waals surface area contributed by atoms with Crippen molar-refractivity contribution in [3.63, 3.8) is 0 Å². The van der Waals surface area contributed by atoms with Crippen LogP contribution >= 0.6 is 0 Å². The molecular weight excluding hydrogens is 201 g/mol. The lowest BCUT2D eigenvalue weighted by Gasteiger charge is -2.07. The van der Waals surface area contributed by atoms with Gasteiger partial charge in [0, 0.05) is 0 Å². The molecule has 0 heterocycles. The summed E-state index contributed by atoms with van der Waals surface area (Å²) in [5.41, 5.74) is -0.910. The lowest BCUT2D eigenvalue weighted by Crippen LogP contribution is -2.42. The third-order valence-corrected chi connectivity index (χ3v) is 1.84. The average molecular weight is 206 g/mol. The first-order valence-corrected chi connectivity index (χ1v) is 4.01. The molecule has 0 bridgehead atoms. The topological polar surface area (TPSA) is 89.3 Å². The number of rotatable bonds is 2. The van der Waals surface area contributed by atoms with Gasteiger partial charge in [-0.2, -0.15) is 21.6 Å². The maximum Gasteiger partial charge on any atom is 0.516 e. The van der Waals surface area contributed by atoms with Gasteiger partial charge in [0.1, 0.15) is 0 Å². The molecule has 0 spiro atoms. The van der Waals surface area contributed by atoms with Crippen molar-refractivity contribution < 1.29 is 26.4 Å². The van der Waals surface area contributed by atoms with Crippen molar-refractivity contribution in [2.45, 2.75) is 5.51 Å². The second-order valence-corrected chi connectivity index (χ2v) is 3.35. The zero-order valence-corrected chi connectivity index (χ0v) is 6.37. The van der Waals surface area contributed by atoms with E-state index in [1.807, 2.05) is 0 Å². The number of hydrogen-bond donors (Lipinski definition) is 2. The van der Waals surface area contributed by atoms with Crippen molar-refractivity contribution in [3.8, 4) is 0 Å². The highest BCUT2D eigenvalue weighted by Gasteiger charge is 2.46. The second kappa shape index (κ2) is 3.27. The molecule has 0 aliphatic carbocycles. The molecule has 0 aliphatic rings. The number of halogens is 3. The summed E-state index contributed by atoms with van der Waals surface area (Å²) in [5.74, 6) is -1.41. The number of amides is 1. The number of nitrogens with one attached hydrogen (secondary N) is 1. The Hall–Kier alpha value is -0.830. The van der Waals surface area contributed by atoms with Gasteiger partial charge in [-0.3, -0.25) is 4.79 Å². The molecule has 5 nitrogen and oxygen atoms in total. The van der Waals surface area contributed by atoms with E-state index in [2.05, 4.69) is 5.73 Å². The highest BCUT2D eigenvalue weighted by molar-refractivity contribution is 7.90. The van der Waals surface area contributed by atoms with E-state index in [1.165, 1.54) is 0 Å². The first-order chi connectivity index (χ1) is 5.20. The van der Waals surface area contributed by atoms with Gasteiger partial charge in [-0.05, 0) is 0 Å². The third kappa shape index (κ3) is 2.66. The van der Waals surface area contributed by atoms with E-state index < -0.39 is 28.0 Å². The normalized spacial score (nSPS) is 12.7. The van der Waals surface area contributed by atoms with E-state index in [-0.39, 0.29) is 0 Å². The van der Waals surface area contributed by atoms with Crippen LogP contribution in [0.3, 0.4) is 0 Å². The standard InChI is InChI=1S/C3H5F3N2O3S/c4-3(5,6)12(10,11)8-2(9)1-7/h1,7H2,(H,8,9). The van der Waals surface area contributed by atoms with Crippen molar-refractivity contribution in [1.82, 2.24) is 4.72 Å². The number of sulfonamides is 1. The van der Waals surface area contributed by atoms with Crippen LogP contribution in [0.2, 0.25) is 0 Å². The van der Waals surface area contributed by atoms with Gasteiger partial charge >= 0.3 is 15.5 Å². The molecule has 9 heteroatoms. The summed E-state index contributed by atoms with van der Waals surface area (Å²) in [7, 11) is -5.59. The zero-order valence-electron chi connectivity index (χ0n) is 5.55. The molecule has 72 valence electrons. The van der Waals surface area contributed by atoms with Gasteiger partial charge in [0.15, 0.2) is 0 Å². The van der Waals surface area contributed by atoms with E-state index >= 15 is 0 Å². The maximum absolute atomic E-state index is 11.5. The van der Waals surface area contributed by atoms with Crippen LogP contribution in [-0.4, -0.2) is 26.4 Å². The second-order valence-electron chi connectivity index (χ2n) is 1.68. The Morgan fingerprint density at radius 2 is 1.83 bits per heavy atom. The van der Waals surface area contributed by atoms with Crippen molar-refractivity contribution in [2.75, 3.05) is 6.54 Å². The van der Waals surface area contributed by atoms with E-state index in [9.17, 15) is 26.4 Å². The molecule has 0 aromatic heterocycles. The summed E-state index contributed by atoms with van der Waals surface area (Å²) in [6.07, 6.45) is 0. The molecule has 0 saturated heterocycles. The van der Waals surface area contributed by atoms with E-state index in [4.69, 9.17) is 0 Å². The Bertz CT molecular complexity index is 269. The van der Waals surface area contributed by atoms with Gasteiger partial charge < -0.3 is 5.73 Å². The fraction of sp³-hybridized carbons (Fsp3) is 0.667. The maximum atomic E-state index is 11.5. The highest BCUT2D eigenvalue weighted by atomic mass is 32.2. The van der Waals surface area contributed by atoms with Crippen LogP contribution in [-0.2, 0) is 14.8 Å². The van der Waals surface area contributed by atoms with Crippen LogP contribution in [0, 0.1) is 0 Å². The number of hydrogen-bond acceptors (Lipinski definition) is 4. The van der Waals surface area contributed by atoms with E-state index in [0.717, 1.165) is 4.72 Å². The van der Waals surface area contributed by atoms with Crippen molar-refractivity contribution in [3.05, 3.63) is 0 Å². The monoisotopic (exact) mass is 206 g/mol. The predicted molar refractivity (Wildman–Crippen MR) is 32.2 cm³/mol. The average Bonchev–Trinajstić information content (AvgIpc) is 1.84. The molecule has 0 fully saturated rings. The first-order valence-electron chi connectivity index (χ1n) is 2.52. The Labute approximate surface area is 65.8 Å². The van der Waals surface area contributed by atoms with Crippen molar-refractivity contribution in [1.29, 1.82) is 0 Å². The van der Waals surface area contributed by atoms with E-state index in [1.54, 1.807) is 0 Å². The van der Waals surface area contributed by atoms with E-state index in [0.29, 0.717) is 0 Å². The molecule has 0 aromatic carbocycles. The lowest BCUT2D eigenvalue weighted by molar-refractivity contribution is -0.118. The first kappa shape index (κ1) is 11.2. The lowest BCUT2D eigenvalue weighted by atomic mass is 10.7. The van der Waals surface area contributed by atoms with Crippen LogP contribution in [0.5, 0.6) is 0 Å². The predicted octanol–water partition coefficient (Wildman–Crippen LogP) is -1.09. The number of carbonyl (C=O) groups is 1. The summed E-state index contributed by atoms with van der Waals surface area (Å²) in [5, 5.41) is 0. The molecule has 0 saturated carbocycles. The molecule has 0 aliphatic heterocycles. The Morgan fingerprint density at radius 1 is 1.42 bits per heavy atom. The Morgan fingerprint density at radius 3 is 2.08 bits per heavy atom. The summed E-state index contributed by atoms with van der Waals surface area (Å²) in [6.45, 7) is -0.824. The van der Waals surface area contributed by atoms with Gasteiger partial charge in [0.25, 0.3) is 0 Å². The minimum Gasteiger partial charge on any atom is -0.322 e. The zero-order chi connectivity index (χ0) is 9.99. The summed E-state index contributed by atoms with van der Waals surface area (Å²) >= 11 is 0. The summed E-state index contributed by atoms with van der Waals surface area (Å²) in [4.78, 5) is 10.2. The highest BCUT2D eigenvalue weighted by Crippen LogP contribution is 2.21. The molecule has 1 amide bonds. The third-order valence-electron chi connectivity index (χ3n) is 0.738. The molecule has 0 aromatic rings. The minimum atomic E-state index is -5.59. The molecule has 12 heavy (non-hydrogen) atoms. The van der Waals surface area contributed by atoms with Crippen LogP contribution in [0.25, 0.3) is 0 Å². The number of nitrogens with two attached hydrogens (primary N) is 1. The SMILES string of the molecule is NCC(=O)NS(=O)(=O)C(F)(F)F. The van der Waals surface area contributed by atoms with Gasteiger partial charge in [-0.15, -0.1) is 0 Å². The largest absolute Gasteiger partial charge is 0.516 e. The minimum absolute atomic E-state index is 0.729. The van der Waals surface area contributed by atoms with Crippen molar-refractivity contribution in [2.24, 2.45) is 5.73 Å². The van der Waals surface area contributed by atoms with Gasteiger partial charge in [0.2, 0.25) is 5.91 Å². The fourth-order valence-electron chi connectivity index (χ4n) is 0.249. The smallest absolute Gasteiger partial charge is 0.322 e. The molecule has 0 rings (SSSR count). The summed E-state index contributed by atoms with van der Waals surface area (Å²) < 4.78 is 55.4. The molecule has 0 atom stereocenters. The van der Waals surface area contributed by atoms with Crippen LogP contribution < -0.4 is 10.5 Å². The molecular formula is C3H5F3N2O3S. The summed E-state index contributed by atoms with van der Waals surface area (Å²) in [6, 6.07) is 0. The van der Waals surface area contributed by atoms with Crippen LogP contribution in [0.15, 0.2) is 0 Å². The fourth-order valence-corrected chi connectivity index (χ4v) is 0.748. The number of alkyl halides is 3. The molecule has 3 N–H and O–H groups in total. The molecule has 0 unspecified atom stereocenters. The van der Waals surface area contributed by atoms with Gasteiger partial charge in [0.05, 0.1) is 6.54 Å². The quantitative estimate of drug-likeness (QED) is 0.600. The Balaban J connectivity index is 4.58. The van der Waals surface area contributed by atoms with Gasteiger partial charge in [-0.1, -0.05) is 0 Å².